The third-order valence-corrected chi connectivity index (χ3v) is 3.74. The number of carbonyl (C=O) groups is 1. The van der Waals surface area contributed by atoms with Crippen LogP contribution in [0.1, 0.15) is 20.8 Å². The highest BCUT2D eigenvalue weighted by atomic mass is 79.9. The average molecular weight is 339 g/mol. The molecule has 0 spiro atoms. The van der Waals surface area contributed by atoms with Crippen molar-refractivity contribution in [2.75, 3.05) is 0 Å². The van der Waals surface area contributed by atoms with E-state index in [1.165, 1.54) is 17.6 Å². The number of rotatable bonds is 3. The van der Waals surface area contributed by atoms with Gasteiger partial charge in [-0.1, -0.05) is 22.0 Å². The molecule has 2 N–H and O–H groups in total. The Morgan fingerprint density at radius 3 is 3.00 bits per heavy atom. The summed E-state index contributed by atoms with van der Waals surface area (Å²) in [6.45, 7) is 1.79. The molecule has 0 saturated heterocycles. The highest BCUT2D eigenvalue weighted by molar-refractivity contribution is 9.10. The molecule has 0 aliphatic heterocycles. The Hall–Kier alpha value is -1.66. The highest BCUT2D eigenvalue weighted by Crippen LogP contribution is 2.25. The molecule has 2 aromatic rings. The summed E-state index contributed by atoms with van der Waals surface area (Å²) in [5.74, 6) is -0.116. The van der Waals surface area contributed by atoms with Gasteiger partial charge < -0.3 is 5.11 Å². The Bertz CT molecular complexity index is 624. The Labute approximate surface area is 122 Å². The number of nitrogens with one attached hydrogen (secondary N) is 1. The summed E-state index contributed by atoms with van der Waals surface area (Å²) >= 11 is 4.68. The third kappa shape index (κ3) is 3.42. The number of hydrogen-bond acceptors (Lipinski definition) is 4. The molecule has 0 aliphatic rings. The first-order valence-electron chi connectivity index (χ1n) is 5.44. The van der Waals surface area contributed by atoms with Gasteiger partial charge in [0.15, 0.2) is 0 Å². The van der Waals surface area contributed by atoms with Gasteiger partial charge in [0.25, 0.3) is 5.91 Å². The number of carbonyl (C=O) groups excluding carboxylic acids is 1. The van der Waals surface area contributed by atoms with Gasteiger partial charge in [-0.2, -0.15) is 5.10 Å². The van der Waals surface area contributed by atoms with Crippen LogP contribution in [0, 0.1) is 6.92 Å². The van der Waals surface area contributed by atoms with Crippen LogP contribution in [-0.4, -0.2) is 17.2 Å². The zero-order valence-corrected chi connectivity index (χ0v) is 12.5. The molecule has 4 nitrogen and oxygen atoms in total. The number of hydrogen-bond donors (Lipinski definition) is 2. The molecule has 98 valence electrons. The maximum atomic E-state index is 11.6. The number of nitrogens with zero attached hydrogens (tertiary/aromatic N) is 1. The molecule has 6 heteroatoms. The van der Waals surface area contributed by atoms with Crippen molar-refractivity contribution >= 4 is 39.4 Å². The van der Waals surface area contributed by atoms with Crippen LogP contribution in [0.5, 0.6) is 5.75 Å². The van der Waals surface area contributed by atoms with E-state index in [0.29, 0.717) is 10.4 Å². The molecule has 0 radical (unpaired) electrons. The van der Waals surface area contributed by atoms with Gasteiger partial charge in [0.05, 0.1) is 11.1 Å². The number of benzene rings is 1. The number of halogens is 1. The smallest absolute Gasteiger partial charge is 0.281 e. The molecule has 1 aromatic carbocycles. The summed E-state index contributed by atoms with van der Waals surface area (Å²) in [7, 11) is 0. The van der Waals surface area contributed by atoms with Crippen molar-refractivity contribution in [3.05, 3.63) is 50.1 Å². The first kappa shape index (κ1) is 13.8. The molecular weight excluding hydrogens is 328 g/mol. The van der Waals surface area contributed by atoms with Gasteiger partial charge in [-0.3, -0.25) is 4.79 Å². The minimum atomic E-state index is -0.266. The largest absolute Gasteiger partial charge is 0.507 e. The summed E-state index contributed by atoms with van der Waals surface area (Å²) in [5.41, 5.74) is 3.69. The summed E-state index contributed by atoms with van der Waals surface area (Å²) in [4.78, 5) is 12.2. The summed E-state index contributed by atoms with van der Waals surface area (Å²) in [6.07, 6.45) is 1.42. The zero-order chi connectivity index (χ0) is 13.8. The Morgan fingerprint density at radius 1 is 1.53 bits per heavy atom. The first-order valence-corrected chi connectivity index (χ1v) is 7.11. The van der Waals surface area contributed by atoms with Crippen LogP contribution >= 0.6 is 27.3 Å². The van der Waals surface area contributed by atoms with E-state index in [1.807, 2.05) is 5.38 Å². The minimum Gasteiger partial charge on any atom is -0.507 e. The van der Waals surface area contributed by atoms with Crippen LogP contribution in [0.2, 0.25) is 0 Å². The van der Waals surface area contributed by atoms with Gasteiger partial charge in [-0.25, -0.2) is 5.43 Å². The topological polar surface area (TPSA) is 61.7 Å². The van der Waals surface area contributed by atoms with Crippen LogP contribution in [0.25, 0.3) is 0 Å². The predicted octanol–water partition coefficient (Wildman–Crippen LogP) is 3.29. The van der Waals surface area contributed by atoms with E-state index in [9.17, 15) is 9.90 Å². The van der Waals surface area contributed by atoms with Crippen LogP contribution in [0.15, 0.2) is 39.2 Å². The summed E-state index contributed by atoms with van der Waals surface area (Å²) < 4.78 is 0.842. The van der Waals surface area contributed by atoms with Crippen molar-refractivity contribution in [2.24, 2.45) is 5.10 Å². The number of aromatic hydroxyl groups is 1. The Kier molecular flexibility index (Phi) is 4.34. The van der Waals surface area contributed by atoms with Crippen molar-refractivity contribution in [1.29, 1.82) is 0 Å². The fraction of sp³-hybridized carbons (Fsp3) is 0.0769. The van der Waals surface area contributed by atoms with Crippen LogP contribution < -0.4 is 5.43 Å². The van der Waals surface area contributed by atoms with Crippen LogP contribution in [-0.2, 0) is 0 Å². The Balaban J connectivity index is 2.09. The van der Waals surface area contributed by atoms with E-state index in [1.54, 1.807) is 31.2 Å². The lowest BCUT2D eigenvalue weighted by Gasteiger charge is -2.03. The molecule has 2 rings (SSSR count). The molecule has 19 heavy (non-hydrogen) atoms. The van der Waals surface area contributed by atoms with E-state index in [4.69, 9.17) is 0 Å². The first-order chi connectivity index (χ1) is 9.08. The van der Waals surface area contributed by atoms with Gasteiger partial charge in [-0.15, -0.1) is 11.3 Å². The second-order valence-corrected chi connectivity index (χ2v) is 5.70. The van der Waals surface area contributed by atoms with Gasteiger partial charge in [0.2, 0.25) is 0 Å². The van der Waals surface area contributed by atoms with Crippen LogP contribution in [0.3, 0.4) is 0 Å². The summed E-state index contributed by atoms with van der Waals surface area (Å²) in [6, 6.07) is 7.04. The SMILES string of the molecule is Cc1cc(Br)cc(/C=N\NC(=O)c2cccs2)c1O. The maximum Gasteiger partial charge on any atom is 0.281 e. The Morgan fingerprint density at radius 2 is 2.32 bits per heavy atom. The number of amides is 1. The average Bonchev–Trinajstić information content (AvgIpc) is 2.88. The molecule has 0 aliphatic carbocycles. The molecule has 0 bridgehead atoms. The van der Waals surface area contributed by atoms with E-state index < -0.39 is 0 Å². The number of thiophene rings is 1. The molecule has 1 amide bonds. The van der Waals surface area contributed by atoms with Gasteiger partial charge >= 0.3 is 0 Å². The van der Waals surface area contributed by atoms with Crippen LogP contribution in [0.4, 0.5) is 0 Å². The lowest BCUT2D eigenvalue weighted by Crippen LogP contribution is -2.16. The van der Waals surface area contributed by atoms with E-state index >= 15 is 0 Å². The fourth-order valence-corrected chi connectivity index (χ4v) is 2.69. The maximum absolute atomic E-state index is 11.6. The van der Waals surface area contributed by atoms with Gasteiger partial charge in [0, 0.05) is 10.0 Å². The third-order valence-electron chi connectivity index (χ3n) is 2.41. The standard InChI is InChI=1S/C13H11BrN2O2S/c1-8-5-10(14)6-9(12(8)17)7-15-16-13(18)11-3-2-4-19-11/h2-7,17H,1H3,(H,16,18)/b15-7-. The van der Waals surface area contributed by atoms with E-state index in [0.717, 1.165) is 10.0 Å². The lowest BCUT2D eigenvalue weighted by atomic mass is 10.1. The van der Waals surface area contributed by atoms with Crippen molar-refractivity contribution in [1.82, 2.24) is 5.43 Å². The molecule has 0 unspecified atom stereocenters. The zero-order valence-electron chi connectivity index (χ0n) is 10.1. The predicted molar refractivity (Wildman–Crippen MR) is 79.9 cm³/mol. The fourth-order valence-electron chi connectivity index (χ4n) is 1.48. The molecule has 0 atom stereocenters. The van der Waals surface area contributed by atoms with Crippen molar-refractivity contribution in [3.63, 3.8) is 0 Å². The van der Waals surface area contributed by atoms with Gasteiger partial charge in [0.1, 0.15) is 5.75 Å². The number of phenols is 1. The molecule has 0 saturated carbocycles. The van der Waals surface area contributed by atoms with Crippen molar-refractivity contribution < 1.29 is 9.90 Å². The number of phenolic OH excluding ortho intramolecular Hbond substituents is 1. The normalized spacial score (nSPS) is 10.8. The van der Waals surface area contributed by atoms with Gasteiger partial charge in [-0.05, 0) is 36.1 Å². The monoisotopic (exact) mass is 338 g/mol. The lowest BCUT2D eigenvalue weighted by molar-refractivity contribution is 0.0959. The molecule has 0 fully saturated rings. The van der Waals surface area contributed by atoms with Crippen molar-refractivity contribution in [2.45, 2.75) is 6.92 Å². The minimum absolute atomic E-state index is 0.150. The van der Waals surface area contributed by atoms with E-state index in [-0.39, 0.29) is 11.7 Å². The second kappa shape index (κ2) is 5.99. The summed E-state index contributed by atoms with van der Waals surface area (Å²) in [5, 5.41) is 15.5. The van der Waals surface area contributed by atoms with Crippen molar-refractivity contribution in [3.8, 4) is 5.75 Å². The number of aryl methyl sites for hydroxylation is 1. The molecule has 1 heterocycles. The molecular formula is C13H11BrN2O2S. The van der Waals surface area contributed by atoms with E-state index in [2.05, 4.69) is 26.5 Å². The second-order valence-electron chi connectivity index (χ2n) is 3.84. The highest BCUT2D eigenvalue weighted by Gasteiger charge is 2.06. The number of hydrazone groups is 1. The molecule has 1 aromatic heterocycles. The quantitative estimate of drug-likeness (QED) is 0.666.